The van der Waals surface area contributed by atoms with E-state index < -0.39 is 0 Å². The topological polar surface area (TPSA) is 72.1 Å². The molecule has 7 heteroatoms. The lowest BCUT2D eigenvalue weighted by molar-refractivity contribution is -0.130. The first-order valence-corrected chi connectivity index (χ1v) is 8.51. The lowest BCUT2D eigenvalue weighted by atomic mass is 10.2. The number of carbonyl (C=O) groups excluding carboxylic acids is 1. The van der Waals surface area contributed by atoms with Crippen molar-refractivity contribution in [2.45, 2.75) is 26.3 Å². The van der Waals surface area contributed by atoms with Crippen LogP contribution >= 0.6 is 11.3 Å². The van der Waals surface area contributed by atoms with Gasteiger partial charge < -0.3 is 9.42 Å². The van der Waals surface area contributed by atoms with E-state index in [0.29, 0.717) is 31.1 Å². The Labute approximate surface area is 144 Å². The maximum absolute atomic E-state index is 12.3. The Kier molecular flexibility index (Phi) is 5.00. The molecular formula is C17H18N4O2S. The van der Waals surface area contributed by atoms with Gasteiger partial charge in [0.25, 0.3) is 0 Å². The molecule has 0 aliphatic heterocycles. The summed E-state index contributed by atoms with van der Waals surface area (Å²) in [6.07, 6.45) is 4.14. The van der Waals surface area contributed by atoms with Gasteiger partial charge in [0.1, 0.15) is 0 Å². The quantitative estimate of drug-likeness (QED) is 0.688. The molecular weight excluding hydrogens is 324 g/mol. The van der Waals surface area contributed by atoms with Crippen LogP contribution in [0.5, 0.6) is 0 Å². The van der Waals surface area contributed by atoms with E-state index in [-0.39, 0.29) is 5.91 Å². The molecule has 0 aromatic carbocycles. The van der Waals surface area contributed by atoms with Gasteiger partial charge in [-0.2, -0.15) is 4.98 Å². The van der Waals surface area contributed by atoms with Gasteiger partial charge in [-0.1, -0.05) is 5.16 Å². The minimum absolute atomic E-state index is 0.0615. The Balaban J connectivity index is 1.55. The number of nitrogens with zero attached hydrogens (tertiary/aromatic N) is 4. The molecule has 0 N–H and O–H groups in total. The molecule has 0 unspecified atom stereocenters. The van der Waals surface area contributed by atoms with E-state index in [0.717, 1.165) is 5.56 Å². The van der Waals surface area contributed by atoms with E-state index in [2.05, 4.69) is 28.1 Å². The van der Waals surface area contributed by atoms with E-state index in [1.54, 1.807) is 28.6 Å². The highest BCUT2D eigenvalue weighted by Gasteiger charge is 2.14. The SMILES string of the molecule is Cc1ccsc1CN(C)C(=O)CCc1nc(-c2ccncc2)no1. The molecule has 3 aromatic heterocycles. The van der Waals surface area contributed by atoms with Crippen LogP contribution in [0.1, 0.15) is 22.8 Å². The molecule has 0 saturated heterocycles. The molecule has 6 nitrogen and oxygen atoms in total. The van der Waals surface area contributed by atoms with Gasteiger partial charge in [-0.3, -0.25) is 9.78 Å². The van der Waals surface area contributed by atoms with Crippen molar-refractivity contribution in [1.82, 2.24) is 20.0 Å². The Hall–Kier alpha value is -2.54. The third-order valence-electron chi connectivity index (χ3n) is 3.73. The fourth-order valence-electron chi connectivity index (χ4n) is 2.25. The van der Waals surface area contributed by atoms with Crippen molar-refractivity contribution < 1.29 is 9.32 Å². The van der Waals surface area contributed by atoms with Crippen molar-refractivity contribution in [3.63, 3.8) is 0 Å². The van der Waals surface area contributed by atoms with Crippen molar-refractivity contribution in [2.75, 3.05) is 7.05 Å². The number of amides is 1. The number of aromatic nitrogens is 3. The van der Waals surface area contributed by atoms with Crippen LogP contribution in [0.15, 0.2) is 40.5 Å². The maximum Gasteiger partial charge on any atom is 0.227 e. The molecule has 0 bridgehead atoms. The number of rotatable bonds is 6. The second kappa shape index (κ2) is 7.35. The minimum Gasteiger partial charge on any atom is -0.341 e. The summed E-state index contributed by atoms with van der Waals surface area (Å²) in [5, 5.41) is 5.99. The van der Waals surface area contributed by atoms with Crippen LogP contribution in [-0.2, 0) is 17.8 Å². The first-order chi connectivity index (χ1) is 11.6. The van der Waals surface area contributed by atoms with Crippen LogP contribution in [0.2, 0.25) is 0 Å². The van der Waals surface area contributed by atoms with E-state index in [9.17, 15) is 4.79 Å². The number of thiophene rings is 1. The predicted molar refractivity (Wildman–Crippen MR) is 91.4 cm³/mol. The molecule has 0 saturated carbocycles. The van der Waals surface area contributed by atoms with E-state index in [4.69, 9.17) is 4.52 Å². The van der Waals surface area contributed by atoms with Crippen molar-refractivity contribution in [3.05, 3.63) is 52.3 Å². The second-order valence-corrected chi connectivity index (χ2v) is 6.52. The maximum atomic E-state index is 12.3. The van der Waals surface area contributed by atoms with Gasteiger partial charge in [0.2, 0.25) is 17.6 Å². The van der Waals surface area contributed by atoms with Gasteiger partial charge in [0.15, 0.2) is 0 Å². The molecule has 1 amide bonds. The Morgan fingerprint density at radius 2 is 2.08 bits per heavy atom. The highest BCUT2D eigenvalue weighted by atomic mass is 32.1. The normalized spacial score (nSPS) is 10.8. The van der Waals surface area contributed by atoms with Crippen molar-refractivity contribution in [3.8, 4) is 11.4 Å². The first-order valence-electron chi connectivity index (χ1n) is 7.63. The summed E-state index contributed by atoms with van der Waals surface area (Å²) in [4.78, 5) is 23.5. The number of hydrogen-bond acceptors (Lipinski definition) is 6. The summed E-state index contributed by atoms with van der Waals surface area (Å²) in [6.45, 7) is 2.69. The van der Waals surface area contributed by atoms with E-state index in [1.165, 1.54) is 10.4 Å². The van der Waals surface area contributed by atoms with Crippen molar-refractivity contribution in [1.29, 1.82) is 0 Å². The molecule has 0 radical (unpaired) electrons. The van der Waals surface area contributed by atoms with Gasteiger partial charge in [-0.05, 0) is 36.1 Å². The average Bonchev–Trinajstić information content (AvgIpc) is 3.23. The van der Waals surface area contributed by atoms with Gasteiger partial charge in [-0.15, -0.1) is 11.3 Å². The monoisotopic (exact) mass is 342 g/mol. The third-order valence-corrected chi connectivity index (χ3v) is 4.74. The molecule has 24 heavy (non-hydrogen) atoms. The fourth-order valence-corrected chi connectivity index (χ4v) is 3.21. The van der Waals surface area contributed by atoms with Crippen molar-refractivity contribution >= 4 is 17.2 Å². The second-order valence-electron chi connectivity index (χ2n) is 5.52. The smallest absolute Gasteiger partial charge is 0.227 e. The van der Waals surface area contributed by atoms with Crippen LogP contribution in [0.25, 0.3) is 11.4 Å². The molecule has 3 aromatic rings. The van der Waals surface area contributed by atoms with Gasteiger partial charge in [0, 0.05) is 42.7 Å². The summed E-state index contributed by atoms with van der Waals surface area (Å²) in [5.74, 6) is 1.05. The molecule has 0 aliphatic carbocycles. The highest BCUT2D eigenvalue weighted by Crippen LogP contribution is 2.18. The lowest BCUT2D eigenvalue weighted by Gasteiger charge is -2.16. The number of carbonyl (C=O) groups is 1. The lowest BCUT2D eigenvalue weighted by Crippen LogP contribution is -2.26. The zero-order valence-electron chi connectivity index (χ0n) is 13.6. The Morgan fingerprint density at radius 1 is 1.29 bits per heavy atom. The summed E-state index contributed by atoms with van der Waals surface area (Å²) in [6, 6.07) is 5.70. The zero-order chi connectivity index (χ0) is 16.9. The molecule has 3 rings (SSSR count). The predicted octanol–water partition coefficient (Wildman–Crippen LogP) is 3.09. The van der Waals surface area contributed by atoms with Crippen LogP contribution in [0.3, 0.4) is 0 Å². The van der Waals surface area contributed by atoms with E-state index >= 15 is 0 Å². The number of hydrogen-bond donors (Lipinski definition) is 0. The summed E-state index contributed by atoms with van der Waals surface area (Å²) >= 11 is 1.67. The largest absolute Gasteiger partial charge is 0.341 e. The van der Waals surface area contributed by atoms with Gasteiger partial charge in [0.05, 0.1) is 6.54 Å². The molecule has 0 aliphatic rings. The Bertz CT molecular complexity index is 813. The Morgan fingerprint density at radius 3 is 2.79 bits per heavy atom. The molecule has 0 spiro atoms. The van der Waals surface area contributed by atoms with Gasteiger partial charge >= 0.3 is 0 Å². The number of aryl methyl sites for hydroxylation is 2. The van der Waals surface area contributed by atoms with Crippen LogP contribution in [0, 0.1) is 6.92 Å². The van der Waals surface area contributed by atoms with Gasteiger partial charge in [-0.25, -0.2) is 0 Å². The fraction of sp³-hybridized carbons (Fsp3) is 0.294. The molecule has 3 heterocycles. The van der Waals surface area contributed by atoms with E-state index in [1.807, 2.05) is 24.6 Å². The first kappa shape index (κ1) is 16.3. The minimum atomic E-state index is 0.0615. The zero-order valence-corrected chi connectivity index (χ0v) is 14.4. The summed E-state index contributed by atoms with van der Waals surface area (Å²) < 4.78 is 5.22. The standard InChI is InChI=1S/C17H18N4O2S/c1-12-7-10-24-14(12)11-21(2)16(22)4-3-15-19-17(20-23-15)13-5-8-18-9-6-13/h5-10H,3-4,11H2,1-2H3. The number of pyridine rings is 1. The highest BCUT2D eigenvalue weighted by molar-refractivity contribution is 7.10. The van der Waals surface area contributed by atoms with Crippen LogP contribution in [-0.4, -0.2) is 33.0 Å². The van der Waals surface area contributed by atoms with Crippen LogP contribution in [0.4, 0.5) is 0 Å². The molecule has 124 valence electrons. The van der Waals surface area contributed by atoms with Crippen LogP contribution < -0.4 is 0 Å². The molecule has 0 atom stereocenters. The average molecular weight is 342 g/mol. The van der Waals surface area contributed by atoms with Crippen molar-refractivity contribution in [2.24, 2.45) is 0 Å². The molecule has 0 fully saturated rings. The summed E-state index contributed by atoms with van der Waals surface area (Å²) in [7, 11) is 1.82. The third kappa shape index (κ3) is 3.86. The summed E-state index contributed by atoms with van der Waals surface area (Å²) in [5.41, 5.74) is 2.06.